The number of halogens is 1. The fourth-order valence-electron chi connectivity index (χ4n) is 3.57. The van der Waals surface area contributed by atoms with Crippen molar-refractivity contribution in [2.45, 2.75) is 44.7 Å². The maximum absolute atomic E-state index is 12.7. The maximum atomic E-state index is 12.7. The number of aliphatic carboxylic acids is 1. The van der Waals surface area contributed by atoms with E-state index in [0.717, 1.165) is 48.1 Å². The lowest BCUT2D eigenvalue weighted by Gasteiger charge is -2.35. The zero-order valence-corrected chi connectivity index (χ0v) is 15.1. The topological polar surface area (TPSA) is 66.8 Å². The number of benzene rings is 1. The van der Waals surface area contributed by atoms with Crippen LogP contribution in [0.2, 0.25) is 0 Å². The highest BCUT2D eigenvalue weighted by Crippen LogP contribution is 2.30. The summed E-state index contributed by atoms with van der Waals surface area (Å²) in [6.45, 7) is 1.90. The van der Waals surface area contributed by atoms with E-state index in [2.05, 4.69) is 15.9 Å². The van der Waals surface area contributed by atoms with E-state index in [0.29, 0.717) is 25.3 Å². The van der Waals surface area contributed by atoms with Crippen LogP contribution in [-0.2, 0) is 27.3 Å². The van der Waals surface area contributed by atoms with Gasteiger partial charge in [0.15, 0.2) is 0 Å². The lowest BCUT2D eigenvalue weighted by Crippen LogP contribution is -2.48. The van der Waals surface area contributed by atoms with Crippen LogP contribution < -0.4 is 0 Å². The third-order valence-corrected chi connectivity index (χ3v) is 5.79. The first-order chi connectivity index (χ1) is 11.6. The fourth-order valence-corrected chi connectivity index (χ4v) is 4.14. The number of carboxylic acids is 1. The molecule has 2 heterocycles. The molecule has 5 nitrogen and oxygen atoms in total. The Balaban J connectivity index is 1.70. The molecule has 0 aromatic heterocycles. The number of carboxylic acid groups (broad SMARTS) is 1. The van der Waals surface area contributed by atoms with E-state index < -0.39 is 12.0 Å². The largest absolute Gasteiger partial charge is 0.480 e. The van der Waals surface area contributed by atoms with Crippen LogP contribution in [0.25, 0.3) is 0 Å². The molecule has 3 rings (SSSR count). The van der Waals surface area contributed by atoms with E-state index in [9.17, 15) is 14.7 Å². The molecule has 1 N–H and O–H groups in total. The van der Waals surface area contributed by atoms with Gasteiger partial charge in [-0.1, -0.05) is 28.1 Å². The third kappa shape index (κ3) is 3.81. The number of hydrogen-bond donors (Lipinski definition) is 1. The summed E-state index contributed by atoms with van der Waals surface area (Å²) in [4.78, 5) is 25.9. The summed E-state index contributed by atoms with van der Waals surface area (Å²) in [5.74, 6) is -0.479. The molecule has 1 amide bonds. The molecule has 1 aromatic rings. The maximum Gasteiger partial charge on any atom is 0.326 e. The van der Waals surface area contributed by atoms with E-state index in [1.165, 1.54) is 4.90 Å². The van der Waals surface area contributed by atoms with Crippen molar-refractivity contribution in [3.8, 4) is 0 Å². The molecule has 6 heteroatoms. The highest BCUT2D eigenvalue weighted by atomic mass is 79.9. The Kier molecular flexibility index (Phi) is 5.56. The van der Waals surface area contributed by atoms with Gasteiger partial charge < -0.3 is 14.7 Å². The minimum Gasteiger partial charge on any atom is -0.480 e. The second kappa shape index (κ2) is 7.66. The molecule has 2 aliphatic heterocycles. The lowest BCUT2D eigenvalue weighted by molar-refractivity contribution is -0.151. The molecule has 1 aromatic carbocycles. The number of carbonyl (C=O) groups is 2. The molecule has 0 aliphatic carbocycles. The molecule has 2 aliphatic rings. The Bertz CT molecular complexity index is 627. The molecule has 0 radical (unpaired) electrons. The minimum absolute atomic E-state index is 0.0560. The summed E-state index contributed by atoms with van der Waals surface area (Å²) >= 11 is 3.49. The summed E-state index contributed by atoms with van der Waals surface area (Å²) in [5, 5.41) is 9.57. The van der Waals surface area contributed by atoms with Crippen molar-refractivity contribution < 1.29 is 19.4 Å². The SMILES string of the molecule is O=C(O)C1Cc2c(Br)cccc2CN1C(=O)CCC1CCOCC1. The predicted octanol–water partition coefficient (Wildman–Crippen LogP) is 2.99. The summed E-state index contributed by atoms with van der Waals surface area (Å²) in [7, 11) is 0. The molecule has 24 heavy (non-hydrogen) atoms. The predicted molar refractivity (Wildman–Crippen MR) is 92.6 cm³/mol. The zero-order valence-electron chi connectivity index (χ0n) is 13.5. The van der Waals surface area contributed by atoms with Crippen molar-refractivity contribution in [3.63, 3.8) is 0 Å². The van der Waals surface area contributed by atoms with E-state index in [1.807, 2.05) is 18.2 Å². The van der Waals surface area contributed by atoms with Crippen LogP contribution in [0.5, 0.6) is 0 Å². The Morgan fingerprint density at radius 3 is 2.75 bits per heavy atom. The van der Waals surface area contributed by atoms with Crippen LogP contribution >= 0.6 is 15.9 Å². The van der Waals surface area contributed by atoms with Gasteiger partial charge in [0.25, 0.3) is 0 Å². The van der Waals surface area contributed by atoms with Gasteiger partial charge in [0.05, 0.1) is 0 Å². The van der Waals surface area contributed by atoms with Gasteiger partial charge in [-0.2, -0.15) is 0 Å². The van der Waals surface area contributed by atoms with Crippen molar-refractivity contribution in [1.29, 1.82) is 0 Å². The first-order valence-electron chi connectivity index (χ1n) is 8.42. The quantitative estimate of drug-likeness (QED) is 0.850. The number of hydrogen-bond acceptors (Lipinski definition) is 3. The van der Waals surface area contributed by atoms with Gasteiger partial charge in [0, 0.05) is 37.1 Å². The average Bonchev–Trinajstić information content (AvgIpc) is 2.60. The number of rotatable bonds is 4. The Morgan fingerprint density at radius 1 is 1.29 bits per heavy atom. The minimum atomic E-state index is -0.934. The number of ether oxygens (including phenoxy) is 1. The van der Waals surface area contributed by atoms with Gasteiger partial charge in [0.2, 0.25) is 5.91 Å². The summed E-state index contributed by atoms with van der Waals surface area (Å²) in [6.07, 6.45) is 3.57. The summed E-state index contributed by atoms with van der Waals surface area (Å²) in [5.41, 5.74) is 2.03. The molecular weight excluding hydrogens is 374 g/mol. The van der Waals surface area contributed by atoms with Crippen LogP contribution in [0.1, 0.15) is 36.8 Å². The molecule has 1 atom stereocenters. The van der Waals surface area contributed by atoms with Crippen LogP contribution in [0, 0.1) is 5.92 Å². The Morgan fingerprint density at radius 2 is 2.04 bits per heavy atom. The Hall–Kier alpha value is -1.40. The average molecular weight is 396 g/mol. The van der Waals surface area contributed by atoms with E-state index in [4.69, 9.17) is 4.74 Å². The normalized spacial score (nSPS) is 21.4. The molecule has 1 fully saturated rings. The summed E-state index contributed by atoms with van der Waals surface area (Å²) in [6, 6.07) is 5.03. The van der Waals surface area contributed by atoms with Crippen LogP contribution in [-0.4, -0.2) is 41.1 Å². The van der Waals surface area contributed by atoms with Gasteiger partial charge in [-0.15, -0.1) is 0 Å². The highest BCUT2D eigenvalue weighted by Gasteiger charge is 2.35. The summed E-state index contributed by atoms with van der Waals surface area (Å²) < 4.78 is 6.26. The van der Waals surface area contributed by atoms with E-state index in [-0.39, 0.29) is 5.91 Å². The number of fused-ring (bicyclic) bond motifs is 1. The molecule has 130 valence electrons. The molecule has 0 spiro atoms. The van der Waals surface area contributed by atoms with Gasteiger partial charge in [-0.25, -0.2) is 4.79 Å². The van der Waals surface area contributed by atoms with Crippen molar-refractivity contribution in [1.82, 2.24) is 4.90 Å². The second-order valence-corrected chi connectivity index (χ2v) is 7.41. The first kappa shape index (κ1) is 17.4. The zero-order chi connectivity index (χ0) is 17.1. The van der Waals surface area contributed by atoms with Crippen molar-refractivity contribution in [3.05, 3.63) is 33.8 Å². The Labute approximate surface area is 150 Å². The van der Waals surface area contributed by atoms with Crippen LogP contribution in [0.4, 0.5) is 0 Å². The number of nitrogens with zero attached hydrogens (tertiary/aromatic N) is 1. The van der Waals surface area contributed by atoms with Crippen molar-refractivity contribution in [2.75, 3.05) is 13.2 Å². The molecule has 0 bridgehead atoms. The second-order valence-electron chi connectivity index (χ2n) is 6.55. The van der Waals surface area contributed by atoms with E-state index >= 15 is 0 Å². The van der Waals surface area contributed by atoms with Gasteiger partial charge >= 0.3 is 5.97 Å². The molecule has 0 saturated carbocycles. The first-order valence-corrected chi connectivity index (χ1v) is 9.22. The monoisotopic (exact) mass is 395 g/mol. The van der Waals surface area contributed by atoms with Crippen LogP contribution in [0.15, 0.2) is 22.7 Å². The third-order valence-electron chi connectivity index (χ3n) is 5.04. The molecular formula is C18H22BrNO4. The van der Waals surface area contributed by atoms with Crippen molar-refractivity contribution >= 4 is 27.8 Å². The molecule has 1 unspecified atom stereocenters. The smallest absolute Gasteiger partial charge is 0.326 e. The molecule has 1 saturated heterocycles. The van der Waals surface area contributed by atoms with E-state index in [1.54, 1.807) is 0 Å². The lowest BCUT2D eigenvalue weighted by atomic mass is 9.92. The standard InChI is InChI=1S/C18H22BrNO4/c19-15-3-1-2-13-11-20(16(18(22)23)10-14(13)15)17(21)5-4-12-6-8-24-9-7-12/h1-3,12,16H,4-11H2,(H,22,23). The highest BCUT2D eigenvalue weighted by molar-refractivity contribution is 9.10. The van der Waals surface area contributed by atoms with Gasteiger partial charge in [0.1, 0.15) is 6.04 Å². The fraction of sp³-hybridized carbons (Fsp3) is 0.556. The number of amides is 1. The van der Waals surface area contributed by atoms with Gasteiger partial charge in [-0.05, 0) is 42.4 Å². The van der Waals surface area contributed by atoms with Gasteiger partial charge in [-0.3, -0.25) is 4.79 Å². The number of carbonyl (C=O) groups excluding carboxylic acids is 1. The van der Waals surface area contributed by atoms with Crippen LogP contribution in [0.3, 0.4) is 0 Å². The van der Waals surface area contributed by atoms with Crippen molar-refractivity contribution in [2.24, 2.45) is 5.92 Å².